The Morgan fingerprint density at radius 1 is 1.29 bits per heavy atom. The molecule has 0 aromatic heterocycles. The molecule has 2 N–H and O–H groups in total. The van der Waals surface area contributed by atoms with Gasteiger partial charge in [-0.05, 0) is 12.1 Å². The molecule has 1 aliphatic rings. The van der Waals surface area contributed by atoms with Crippen LogP contribution in [0.2, 0.25) is 10.0 Å². The molecule has 17 heavy (non-hydrogen) atoms. The van der Waals surface area contributed by atoms with Gasteiger partial charge in [0.15, 0.2) is 0 Å². The molecule has 1 fully saturated rings. The van der Waals surface area contributed by atoms with Gasteiger partial charge in [-0.3, -0.25) is 4.90 Å². The van der Waals surface area contributed by atoms with Crippen molar-refractivity contribution in [1.29, 1.82) is 0 Å². The van der Waals surface area contributed by atoms with E-state index in [-0.39, 0.29) is 0 Å². The number of hydrogen-bond donors (Lipinski definition) is 2. The lowest BCUT2D eigenvalue weighted by Gasteiger charge is -2.29. The first-order valence-electron chi connectivity index (χ1n) is 5.73. The average molecular weight is 275 g/mol. The zero-order valence-corrected chi connectivity index (χ0v) is 11.0. The number of aliphatic hydroxyl groups excluding tert-OH is 1. The van der Waals surface area contributed by atoms with Gasteiger partial charge in [0.25, 0.3) is 0 Å². The fourth-order valence-electron chi connectivity index (χ4n) is 2.01. The Morgan fingerprint density at radius 3 is 2.65 bits per heavy atom. The zero-order chi connectivity index (χ0) is 12.3. The van der Waals surface area contributed by atoms with Crippen LogP contribution in [0.3, 0.4) is 0 Å². The Labute approximate surface area is 111 Å². The molecule has 3 nitrogen and oxygen atoms in total. The largest absolute Gasteiger partial charge is 0.387 e. The minimum Gasteiger partial charge on any atom is -0.387 e. The van der Waals surface area contributed by atoms with Crippen molar-refractivity contribution in [2.24, 2.45) is 0 Å². The maximum Gasteiger partial charge on any atom is 0.0931 e. The van der Waals surface area contributed by atoms with Gasteiger partial charge in [-0.25, -0.2) is 0 Å². The normalized spacial score (nSPS) is 19.2. The van der Waals surface area contributed by atoms with Crippen LogP contribution in [0.4, 0.5) is 0 Å². The van der Waals surface area contributed by atoms with E-state index in [2.05, 4.69) is 10.2 Å². The van der Waals surface area contributed by atoms with Crippen molar-refractivity contribution >= 4 is 23.2 Å². The number of halogens is 2. The summed E-state index contributed by atoms with van der Waals surface area (Å²) >= 11 is 11.9. The summed E-state index contributed by atoms with van der Waals surface area (Å²) < 4.78 is 0. The minimum absolute atomic E-state index is 0.528. The SMILES string of the molecule is OC(CN1CCNCC1)c1ccc(Cl)cc1Cl. The smallest absolute Gasteiger partial charge is 0.0931 e. The van der Waals surface area contributed by atoms with E-state index in [0.29, 0.717) is 16.6 Å². The number of rotatable bonds is 3. The predicted molar refractivity (Wildman–Crippen MR) is 70.7 cm³/mol. The van der Waals surface area contributed by atoms with Crippen LogP contribution in [0.1, 0.15) is 11.7 Å². The summed E-state index contributed by atoms with van der Waals surface area (Å²) in [5, 5.41) is 14.6. The van der Waals surface area contributed by atoms with Crippen molar-refractivity contribution in [2.45, 2.75) is 6.10 Å². The molecule has 1 unspecified atom stereocenters. The lowest BCUT2D eigenvalue weighted by atomic mass is 10.1. The molecule has 0 bridgehead atoms. The monoisotopic (exact) mass is 274 g/mol. The fraction of sp³-hybridized carbons (Fsp3) is 0.500. The maximum absolute atomic E-state index is 10.2. The topological polar surface area (TPSA) is 35.5 Å². The third-order valence-electron chi connectivity index (χ3n) is 2.96. The van der Waals surface area contributed by atoms with E-state index in [4.69, 9.17) is 23.2 Å². The first-order valence-corrected chi connectivity index (χ1v) is 6.48. The molecule has 1 saturated heterocycles. The number of nitrogens with zero attached hydrogens (tertiary/aromatic N) is 1. The number of nitrogens with one attached hydrogen (secondary N) is 1. The number of aliphatic hydroxyl groups is 1. The van der Waals surface area contributed by atoms with Gasteiger partial charge in [0.05, 0.1) is 6.10 Å². The first kappa shape index (κ1) is 13.1. The summed E-state index contributed by atoms with van der Waals surface area (Å²) in [7, 11) is 0. The van der Waals surface area contributed by atoms with Gasteiger partial charge < -0.3 is 10.4 Å². The second kappa shape index (κ2) is 6.03. The fourth-order valence-corrected chi connectivity index (χ4v) is 2.54. The predicted octanol–water partition coefficient (Wildman–Crippen LogP) is 1.93. The molecular formula is C12H16Cl2N2O. The molecule has 94 valence electrons. The molecule has 1 aliphatic heterocycles. The summed E-state index contributed by atoms with van der Waals surface area (Å²) in [4.78, 5) is 2.23. The van der Waals surface area contributed by atoms with Gasteiger partial charge in [-0.1, -0.05) is 29.3 Å². The van der Waals surface area contributed by atoms with Gasteiger partial charge in [-0.15, -0.1) is 0 Å². The van der Waals surface area contributed by atoms with Crippen LogP contribution in [-0.2, 0) is 0 Å². The summed E-state index contributed by atoms with van der Waals surface area (Å²) in [6.07, 6.45) is -0.558. The molecule has 0 aliphatic carbocycles. The van der Waals surface area contributed by atoms with Gasteiger partial charge in [-0.2, -0.15) is 0 Å². The molecule has 5 heteroatoms. The second-order valence-corrected chi connectivity index (χ2v) is 5.08. The summed E-state index contributed by atoms with van der Waals surface area (Å²) in [6, 6.07) is 5.21. The molecule has 1 aromatic carbocycles. The van der Waals surface area contributed by atoms with Crippen molar-refractivity contribution in [3.8, 4) is 0 Å². The number of hydrogen-bond acceptors (Lipinski definition) is 3. The van der Waals surface area contributed by atoms with Crippen LogP contribution in [0.5, 0.6) is 0 Å². The molecule has 0 saturated carbocycles. The Kier molecular flexibility index (Phi) is 4.65. The standard InChI is InChI=1S/C12H16Cl2N2O/c13-9-1-2-10(11(14)7-9)12(17)8-16-5-3-15-4-6-16/h1-2,7,12,15,17H,3-6,8H2. The van der Waals surface area contributed by atoms with Gasteiger partial charge in [0.1, 0.15) is 0 Å². The highest BCUT2D eigenvalue weighted by molar-refractivity contribution is 6.35. The first-order chi connectivity index (χ1) is 8.16. The van der Waals surface area contributed by atoms with Crippen LogP contribution >= 0.6 is 23.2 Å². The molecular weight excluding hydrogens is 259 g/mol. The highest BCUT2D eigenvalue weighted by Crippen LogP contribution is 2.26. The Hall–Kier alpha value is -0.320. The van der Waals surface area contributed by atoms with Gasteiger partial charge in [0.2, 0.25) is 0 Å². The van der Waals surface area contributed by atoms with Crippen molar-refractivity contribution in [3.05, 3.63) is 33.8 Å². The van der Waals surface area contributed by atoms with E-state index >= 15 is 0 Å². The Bertz CT molecular complexity index is 381. The number of benzene rings is 1. The molecule has 0 amide bonds. The van der Waals surface area contributed by atoms with E-state index in [0.717, 1.165) is 31.7 Å². The second-order valence-electron chi connectivity index (χ2n) is 4.23. The molecule has 0 spiro atoms. The van der Waals surface area contributed by atoms with E-state index in [1.165, 1.54) is 0 Å². The number of piperazine rings is 1. The van der Waals surface area contributed by atoms with Gasteiger partial charge in [0, 0.05) is 48.3 Å². The van der Waals surface area contributed by atoms with Crippen LogP contribution in [0.25, 0.3) is 0 Å². The molecule has 1 heterocycles. The quantitative estimate of drug-likeness (QED) is 0.884. The van der Waals surface area contributed by atoms with Crippen LogP contribution in [0, 0.1) is 0 Å². The van der Waals surface area contributed by atoms with Crippen molar-refractivity contribution in [3.63, 3.8) is 0 Å². The molecule has 0 radical (unpaired) electrons. The zero-order valence-electron chi connectivity index (χ0n) is 9.50. The van der Waals surface area contributed by atoms with Crippen LogP contribution < -0.4 is 5.32 Å². The van der Waals surface area contributed by atoms with Crippen LogP contribution in [-0.4, -0.2) is 42.7 Å². The van der Waals surface area contributed by atoms with Crippen molar-refractivity contribution in [2.75, 3.05) is 32.7 Å². The van der Waals surface area contributed by atoms with E-state index in [1.807, 2.05) is 0 Å². The van der Waals surface area contributed by atoms with Gasteiger partial charge >= 0.3 is 0 Å². The summed E-state index contributed by atoms with van der Waals surface area (Å²) in [5.41, 5.74) is 0.745. The van der Waals surface area contributed by atoms with E-state index in [1.54, 1.807) is 18.2 Å². The number of β-amino-alcohol motifs (C(OH)–C–C–N with tert-alkyl or cyclic N) is 1. The maximum atomic E-state index is 10.2. The Morgan fingerprint density at radius 2 is 2.00 bits per heavy atom. The highest BCUT2D eigenvalue weighted by atomic mass is 35.5. The highest BCUT2D eigenvalue weighted by Gasteiger charge is 2.17. The lowest BCUT2D eigenvalue weighted by Crippen LogP contribution is -2.44. The van der Waals surface area contributed by atoms with E-state index < -0.39 is 6.10 Å². The lowest BCUT2D eigenvalue weighted by molar-refractivity contribution is 0.106. The van der Waals surface area contributed by atoms with Crippen LogP contribution in [0.15, 0.2) is 18.2 Å². The summed E-state index contributed by atoms with van der Waals surface area (Å²) in [5.74, 6) is 0. The molecule has 2 rings (SSSR count). The third kappa shape index (κ3) is 3.57. The molecule has 1 atom stereocenters. The van der Waals surface area contributed by atoms with E-state index in [9.17, 15) is 5.11 Å². The summed E-state index contributed by atoms with van der Waals surface area (Å²) in [6.45, 7) is 4.48. The Balaban J connectivity index is 2.00. The van der Waals surface area contributed by atoms with Crippen molar-refractivity contribution in [1.82, 2.24) is 10.2 Å². The third-order valence-corrected chi connectivity index (χ3v) is 3.52. The average Bonchev–Trinajstić information content (AvgIpc) is 2.30. The minimum atomic E-state index is -0.558. The molecule has 1 aromatic rings. The van der Waals surface area contributed by atoms with Crippen molar-refractivity contribution < 1.29 is 5.11 Å².